The fourth-order valence-electron chi connectivity index (χ4n) is 2.31. The molecule has 1 aliphatic rings. The van der Waals surface area contributed by atoms with E-state index in [4.69, 9.17) is 0 Å². The largest absolute Gasteiger partial charge is 0.384 e. The highest BCUT2D eigenvalue weighted by atomic mass is 32.1. The lowest BCUT2D eigenvalue weighted by atomic mass is 9.97. The van der Waals surface area contributed by atoms with E-state index in [-0.39, 0.29) is 11.8 Å². The predicted molar refractivity (Wildman–Crippen MR) is 75.2 cm³/mol. The van der Waals surface area contributed by atoms with Crippen molar-refractivity contribution < 1.29 is 4.79 Å². The molecule has 2 heterocycles. The number of rotatable bonds is 3. The van der Waals surface area contributed by atoms with Crippen molar-refractivity contribution in [3.05, 3.63) is 46.7 Å². The van der Waals surface area contributed by atoms with E-state index < -0.39 is 0 Å². The van der Waals surface area contributed by atoms with Crippen LogP contribution < -0.4 is 10.6 Å². The molecular formula is C14H14N2OS. The van der Waals surface area contributed by atoms with E-state index in [0.717, 1.165) is 17.9 Å². The SMILES string of the molecule is O=C(CC1CNc2ccccc21)Nc1ccsc1. The lowest BCUT2D eigenvalue weighted by molar-refractivity contribution is -0.116. The Labute approximate surface area is 110 Å². The minimum absolute atomic E-state index is 0.0805. The number of thiophene rings is 1. The zero-order chi connectivity index (χ0) is 12.4. The Kier molecular flexibility index (Phi) is 3.02. The molecule has 1 atom stereocenters. The fourth-order valence-corrected chi connectivity index (χ4v) is 2.90. The number of hydrogen-bond acceptors (Lipinski definition) is 3. The van der Waals surface area contributed by atoms with E-state index in [1.165, 1.54) is 5.56 Å². The average molecular weight is 258 g/mol. The third kappa shape index (κ3) is 2.24. The van der Waals surface area contributed by atoms with Gasteiger partial charge in [-0.25, -0.2) is 0 Å². The summed E-state index contributed by atoms with van der Waals surface area (Å²) < 4.78 is 0. The molecule has 18 heavy (non-hydrogen) atoms. The van der Waals surface area contributed by atoms with Gasteiger partial charge in [-0.15, -0.1) is 0 Å². The molecule has 3 nitrogen and oxygen atoms in total. The van der Waals surface area contributed by atoms with Gasteiger partial charge in [0.1, 0.15) is 0 Å². The van der Waals surface area contributed by atoms with E-state index in [9.17, 15) is 4.79 Å². The van der Waals surface area contributed by atoms with Gasteiger partial charge in [0.15, 0.2) is 0 Å². The maximum Gasteiger partial charge on any atom is 0.225 e. The van der Waals surface area contributed by atoms with E-state index in [0.29, 0.717) is 6.42 Å². The van der Waals surface area contributed by atoms with Gasteiger partial charge in [0.05, 0.1) is 5.69 Å². The molecule has 0 aliphatic carbocycles. The lowest BCUT2D eigenvalue weighted by Gasteiger charge is -2.09. The smallest absolute Gasteiger partial charge is 0.225 e. The van der Waals surface area contributed by atoms with E-state index in [1.54, 1.807) is 11.3 Å². The third-order valence-electron chi connectivity index (χ3n) is 3.18. The number of anilines is 2. The molecule has 1 aliphatic heterocycles. The maximum absolute atomic E-state index is 11.9. The standard InChI is InChI=1S/C14H14N2OS/c17-14(16-11-5-6-18-9-11)7-10-8-15-13-4-2-1-3-12(10)13/h1-6,9-10,15H,7-8H2,(H,16,17). The normalized spacial score (nSPS) is 17.0. The summed E-state index contributed by atoms with van der Waals surface area (Å²) in [5.74, 6) is 0.358. The van der Waals surface area contributed by atoms with Crippen LogP contribution in [0.25, 0.3) is 0 Å². The number of fused-ring (bicyclic) bond motifs is 1. The van der Waals surface area contributed by atoms with Crippen LogP contribution >= 0.6 is 11.3 Å². The second-order valence-corrected chi connectivity index (χ2v) is 5.21. The number of carbonyl (C=O) groups excluding carboxylic acids is 1. The highest BCUT2D eigenvalue weighted by Crippen LogP contribution is 2.33. The van der Waals surface area contributed by atoms with Gasteiger partial charge in [-0.2, -0.15) is 11.3 Å². The first-order chi connectivity index (χ1) is 8.83. The Balaban J connectivity index is 1.66. The van der Waals surface area contributed by atoms with Gasteiger partial charge in [-0.3, -0.25) is 4.79 Å². The summed E-state index contributed by atoms with van der Waals surface area (Å²) in [4.78, 5) is 11.9. The van der Waals surface area contributed by atoms with Gasteiger partial charge < -0.3 is 10.6 Å². The second kappa shape index (κ2) is 4.82. The van der Waals surface area contributed by atoms with E-state index in [1.807, 2.05) is 29.0 Å². The Morgan fingerprint density at radius 3 is 3.11 bits per heavy atom. The van der Waals surface area contributed by atoms with Gasteiger partial charge in [-0.1, -0.05) is 18.2 Å². The number of para-hydroxylation sites is 1. The molecule has 2 aromatic rings. The molecule has 0 spiro atoms. The average Bonchev–Trinajstić information content (AvgIpc) is 3.00. The highest BCUT2D eigenvalue weighted by molar-refractivity contribution is 7.08. The zero-order valence-corrected chi connectivity index (χ0v) is 10.7. The Hall–Kier alpha value is -1.81. The summed E-state index contributed by atoms with van der Waals surface area (Å²) in [6.45, 7) is 0.844. The summed E-state index contributed by atoms with van der Waals surface area (Å²) in [6, 6.07) is 10.1. The van der Waals surface area contributed by atoms with Gasteiger partial charge >= 0.3 is 0 Å². The monoisotopic (exact) mass is 258 g/mol. The summed E-state index contributed by atoms with van der Waals surface area (Å²) in [5.41, 5.74) is 3.30. The minimum Gasteiger partial charge on any atom is -0.384 e. The summed E-state index contributed by atoms with van der Waals surface area (Å²) in [5, 5.41) is 10.2. The van der Waals surface area contributed by atoms with Gasteiger partial charge in [-0.05, 0) is 23.1 Å². The maximum atomic E-state index is 11.9. The van der Waals surface area contributed by atoms with Crippen LogP contribution in [0, 0.1) is 0 Å². The number of amides is 1. The van der Waals surface area contributed by atoms with Crippen molar-refractivity contribution in [3.63, 3.8) is 0 Å². The summed E-state index contributed by atoms with van der Waals surface area (Å²) in [7, 11) is 0. The minimum atomic E-state index is 0.0805. The Morgan fingerprint density at radius 1 is 1.39 bits per heavy atom. The zero-order valence-electron chi connectivity index (χ0n) is 9.85. The van der Waals surface area contributed by atoms with Gasteiger partial charge in [0.25, 0.3) is 0 Å². The van der Waals surface area contributed by atoms with Crippen LogP contribution in [0.5, 0.6) is 0 Å². The van der Waals surface area contributed by atoms with Crippen molar-refractivity contribution in [1.29, 1.82) is 0 Å². The summed E-state index contributed by atoms with van der Waals surface area (Å²) >= 11 is 1.59. The molecule has 4 heteroatoms. The van der Waals surface area contributed by atoms with Crippen LogP contribution in [-0.4, -0.2) is 12.5 Å². The molecule has 3 rings (SSSR count). The van der Waals surface area contributed by atoms with Crippen LogP contribution in [0.4, 0.5) is 11.4 Å². The highest BCUT2D eigenvalue weighted by Gasteiger charge is 2.23. The van der Waals surface area contributed by atoms with E-state index in [2.05, 4.69) is 22.8 Å². The first-order valence-electron chi connectivity index (χ1n) is 5.98. The van der Waals surface area contributed by atoms with Crippen LogP contribution in [-0.2, 0) is 4.79 Å². The topological polar surface area (TPSA) is 41.1 Å². The van der Waals surface area contributed by atoms with Crippen LogP contribution in [0.15, 0.2) is 41.1 Å². The Bertz CT molecular complexity index is 551. The first-order valence-corrected chi connectivity index (χ1v) is 6.92. The van der Waals surface area contributed by atoms with Crippen LogP contribution in [0.3, 0.4) is 0 Å². The number of nitrogens with one attached hydrogen (secondary N) is 2. The van der Waals surface area contributed by atoms with Crippen molar-refractivity contribution in [3.8, 4) is 0 Å². The lowest BCUT2D eigenvalue weighted by Crippen LogP contribution is -2.16. The van der Waals surface area contributed by atoms with Crippen LogP contribution in [0.1, 0.15) is 17.9 Å². The van der Waals surface area contributed by atoms with Gasteiger partial charge in [0.2, 0.25) is 5.91 Å². The molecule has 1 aromatic carbocycles. The predicted octanol–water partition coefficient (Wildman–Crippen LogP) is 3.29. The molecular weight excluding hydrogens is 244 g/mol. The summed E-state index contributed by atoms with van der Waals surface area (Å²) in [6.07, 6.45) is 0.528. The quantitative estimate of drug-likeness (QED) is 0.887. The van der Waals surface area contributed by atoms with Crippen molar-refractivity contribution in [1.82, 2.24) is 0 Å². The molecule has 1 aromatic heterocycles. The third-order valence-corrected chi connectivity index (χ3v) is 3.86. The van der Waals surface area contributed by atoms with E-state index >= 15 is 0 Å². The molecule has 0 fully saturated rings. The van der Waals surface area contributed by atoms with Crippen molar-refractivity contribution in [2.75, 3.05) is 17.2 Å². The number of carbonyl (C=O) groups is 1. The Morgan fingerprint density at radius 2 is 2.28 bits per heavy atom. The number of hydrogen-bond donors (Lipinski definition) is 2. The van der Waals surface area contributed by atoms with Crippen molar-refractivity contribution in [2.45, 2.75) is 12.3 Å². The molecule has 0 saturated carbocycles. The molecule has 0 bridgehead atoms. The molecule has 0 saturated heterocycles. The fraction of sp³-hybridized carbons (Fsp3) is 0.214. The molecule has 1 unspecified atom stereocenters. The molecule has 0 radical (unpaired) electrons. The number of benzene rings is 1. The molecule has 92 valence electrons. The molecule has 2 N–H and O–H groups in total. The van der Waals surface area contributed by atoms with Crippen molar-refractivity contribution >= 4 is 28.6 Å². The first kappa shape index (κ1) is 11.3. The van der Waals surface area contributed by atoms with Gasteiger partial charge in [0, 0.05) is 30.0 Å². The molecule has 1 amide bonds. The second-order valence-electron chi connectivity index (χ2n) is 4.43. The van der Waals surface area contributed by atoms with Crippen LogP contribution in [0.2, 0.25) is 0 Å². The van der Waals surface area contributed by atoms with Crippen molar-refractivity contribution in [2.24, 2.45) is 0 Å².